The number of anilines is 1. The van der Waals surface area contributed by atoms with Crippen molar-refractivity contribution in [1.29, 1.82) is 0 Å². The Morgan fingerprint density at radius 1 is 1.19 bits per heavy atom. The number of para-hydroxylation sites is 1. The fourth-order valence-electron chi connectivity index (χ4n) is 1.90. The lowest BCUT2D eigenvalue weighted by Crippen LogP contribution is -2.20. The molecule has 1 aromatic carbocycles. The maximum Gasteiger partial charge on any atom is 0.184 e. The molecule has 0 fully saturated rings. The molecule has 0 radical (unpaired) electrons. The molecule has 0 amide bonds. The molecule has 16 heavy (non-hydrogen) atoms. The zero-order valence-electron chi connectivity index (χ0n) is 9.95. The van der Waals surface area contributed by atoms with Crippen LogP contribution in [-0.2, 0) is 0 Å². The van der Waals surface area contributed by atoms with Gasteiger partial charge in [0.15, 0.2) is 11.5 Å². The molecule has 1 N–H and O–H groups in total. The monoisotopic (exact) mass is 221 g/mol. The lowest BCUT2D eigenvalue weighted by molar-refractivity contribution is 0.172. The fourth-order valence-corrected chi connectivity index (χ4v) is 1.90. The summed E-state index contributed by atoms with van der Waals surface area (Å²) in [6.45, 7) is 5.65. The molecule has 3 nitrogen and oxygen atoms in total. The number of ether oxygens (including phenoxy) is 2. The van der Waals surface area contributed by atoms with Crippen molar-refractivity contribution in [2.45, 2.75) is 32.7 Å². The topological polar surface area (TPSA) is 30.5 Å². The van der Waals surface area contributed by atoms with Crippen molar-refractivity contribution in [3.8, 4) is 11.5 Å². The van der Waals surface area contributed by atoms with Crippen LogP contribution in [0.4, 0.5) is 5.69 Å². The Hall–Kier alpha value is -1.38. The Labute approximate surface area is 96.8 Å². The van der Waals surface area contributed by atoms with Crippen LogP contribution >= 0.6 is 0 Å². The molecule has 2 rings (SSSR count). The molecule has 1 heterocycles. The quantitative estimate of drug-likeness (QED) is 0.847. The van der Waals surface area contributed by atoms with Crippen LogP contribution in [0.2, 0.25) is 0 Å². The van der Waals surface area contributed by atoms with Crippen LogP contribution in [-0.4, -0.2) is 19.3 Å². The molecule has 0 spiro atoms. The van der Waals surface area contributed by atoms with Crippen LogP contribution in [0, 0.1) is 0 Å². The summed E-state index contributed by atoms with van der Waals surface area (Å²) in [6.07, 6.45) is 2.22. The molecule has 88 valence electrons. The Morgan fingerprint density at radius 3 is 2.69 bits per heavy atom. The van der Waals surface area contributed by atoms with E-state index in [-0.39, 0.29) is 0 Å². The number of benzene rings is 1. The number of nitrogens with one attached hydrogen (secondary N) is 1. The summed E-state index contributed by atoms with van der Waals surface area (Å²) >= 11 is 0. The van der Waals surface area contributed by atoms with Crippen LogP contribution < -0.4 is 14.8 Å². The average Bonchev–Trinajstić information content (AvgIpc) is 2.36. The Balaban J connectivity index is 2.20. The van der Waals surface area contributed by atoms with Gasteiger partial charge in [-0.2, -0.15) is 0 Å². The summed E-state index contributed by atoms with van der Waals surface area (Å²) < 4.78 is 11.2. The second-order valence-electron chi connectivity index (χ2n) is 3.99. The Kier molecular flexibility index (Phi) is 3.54. The molecule has 1 aliphatic rings. The number of fused-ring (bicyclic) bond motifs is 1. The molecule has 0 atom stereocenters. The number of hydrogen-bond acceptors (Lipinski definition) is 3. The fraction of sp³-hybridized carbons (Fsp3) is 0.538. The van der Waals surface area contributed by atoms with E-state index in [0.717, 1.165) is 30.0 Å². The molecule has 0 saturated carbocycles. The molecule has 0 bridgehead atoms. The molecule has 1 aromatic rings. The third-order valence-corrected chi connectivity index (χ3v) is 2.91. The van der Waals surface area contributed by atoms with E-state index >= 15 is 0 Å². The van der Waals surface area contributed by atoms with Gasteiger partial charge in [0.05, 0.1) is 5.69 Å². The zero-order chi connectivity index (χ0) is 11.4. The molecule has 0 aliphatic carbocycles. The van der Waals surface area contributed by atoms with Crippen molar-refractivity contribution in [2.24, 2.45) is 0 Å². The van der Waals surface area contributed by atoms with Gasteiger partial charge in [0.2, 0.25) is 0 Å². The molecular weight excluding hydrogens is 202 g/mol. The maximum absolute atomic E-state index is 5.66. The molecule has 3 heteroatoms. The lowest BCUT2D eigenvalue weighted by Gasteiger charge is -2.24. The second-order valence-corrected chi connectivity index (χ2v) is 3.99. The highest BCUT2D eigenvalue weighted by molar-refractivity contribution is 5.64. The maximum atomic E-state index is 5.66. The number of hydrogen-bond donors (Lipinski definition) is 1. The summed E-state index contributed by atoms with van der Waals surface area (Å²) in [6, 6.07) is 6.49. The summed E-state index contributed by atoms with van der Waals surface area (Å²) in [5, 5.41) is 3.50. The van der Waals surface area contributed by atoms with Gasteiger partial charge in [-0.3, -0.25) is 0 Å². The normalized spacial score (nSPS) is 13.9. The van der Waals surface area contributed by atoms with Gasteiger partial charge in [0.1, 0.15) is 13.2 Å². The first-order valence-electron chi connectivity index (χ1n) is 6.00. The van der Waals surface area contributed by atoms with Gasteiger partial charge in [0, 0.05) is 6.04 Å². The van der Waals surface area contributed by atoms with Gasteiger partial charge in [0.25, 0.3) is 0 Å². The van der Waals surface area contributed by atoms with E-state index in [9.17, 15) is 0 Å². The Bertz CT molecular complexity index is 348. The van der Waals surface area contributed by atoms with Crippen molar-refractivity contribution in [3.05, 3.63) is 18.2 Å². The lowest BCUT2D eigenvalue weighted by atomic mass is 10.1. The molecule has 0 unspecified atom stereocenters. The van der Waals surface area contributed by atoms with Crippen LogP contribution in [0.15, 0.2) is 18.2 Å². The zero-order valence-corrected chi connectivity index (χ0v) is 9.95. The summed E-state index contributed by atoms with van der Waals surface area (Å²) in [5.74, 6) is 1.71. The van der Waals surface area contributed by atoms with Crippen LogP contribution in [0.3, 0.4) is 0 Å². The van der Waals surface area contributed by atoms with Crippen molar-refractivity contribution in [1.82, 2.24) is 0 Å². The minimum absolute atomic E-state index is 0.497. The minimum Gasteiger partial charge on any atom is -0.486 e. The third kappa shape index (κ3) is 2.23. The SMILES string of the molecule is CCC(CC)Nc1cccc2c1OCCO2. The third-order valence-electron chi connectivity index (χ3n) is 2.91. The van der Waals surface area contributed by atoms with E-state index in [4.69, 9.17) is 9.47 Å². The predicted octanol–water partition coefficient (Wildman–Crippen LogP) is 3.06. The van der Waals surface area contributed by atoms with E-state index in [2.05, 4.69) is 19.2 Å². The van der Waals surface area contributed by atoms with Gasteiger partial charge < -0.3 is 14.8 Å². The van der Waals surface area contributed by atoms with E-state index < -0.39 is 0 Å². The molecule has 1 aliphatic heterocycles. The van der Waals surface area contributed by atoms with Crippen molar-refractivity contribution in [2.75, 3.05) is 18.5 Å². The van der Waals surface area contributed by atoms with E-state index in [1.807, 2.05) is 18.2 Å². The van der Waals surface area contributed by atoms with E-state index in [0.29, 0.717) is 19.3 Å². The first-order valence-corrected chi connectivity index (χ1v) is 6.00. The van der Waals surface area contributed by atoms with Gasteiger partial charge in [-0.15, -0.1) is 0 Å². The van der Waals surface area contributed by atoms with E-state index in [1.54, 1.807) is 0 Å². The largest absolute Gasteiger partial charge is 0.486 e. The summed E-state index contributed by atoms with van der Waals surface area (Å²) in [5.41, 5.74) is 1.05. The highest BCUT2D eigenvalue weighted by Gasteiger charge is 2.16. The average molecular weight is 221 g/mol. The summed E-state index contributed by atoms with van der Waals surface area (Å²) in [7, 11) is 0. The second kappa shape index (κ2) is 5.10. The van der Waals surface area contributed by atoms with Crippen molar-refractivity contribution in [3.63, 3.8) is 0 Å². The first kappa shape index (κ1) is 11.1. The molecule has 0 aromatic heterocycles. The highest BCUT2D eigenvalue weighted by atomic mass is 16.6. The van der Waals surface area contributed by atoms with Gasteiger partial charge in [-0.05, 0) is 25.0 Å². The van der Waals surface area contributed by atoms with Crippen LogP contribution in [0.5, 0.6) is 11.5 Å². The van der Waals surface area contributed by atoms with Crippen molar-refractivity contribution < 1.29 is 9.47 Å². The van der Waals surface area contributed by atoms with Crippen molar-refractivity contribution >= 4 is 5.69 Å². The summed E-state index contributed by atoms with van der Waals surface area (Å²) in [4.78, 5) is 0. The predicted molar refractivity (Wildman–Crippen MR) is 65.4 cm³/mol. The molecule has 0 saturated heterocycles. The van der Waals surface area contributed by atoms with Gasteiger partial charge in [-0.1, -0.05) is 19.9 Å². The van der Waals surface area contributed by atoms with Crippen LogP contribution in [0.1, 0.15) is 26.7 Å². The van der Waals surface area contributed by atoms with Crippen LogP contribution in [0.25, 0.3) is 0 Å². The standard InChI is InChI=1S/C13H19NO2/c1-3-10(4-2)14-11-6-5-7-12-13(11)16-9-8-15-12/h5-7,10,14H,3-4,8-9H2,1-2H3. The first-order chi connectivity index (χ1) is 7.85. The van der Waals surface area contributed by atoms with Gasteiger partial charge >= 0.3 is 0 Å². The van der Waals surface area contributed by atoms with Gasteiger partial charge in [-0.25, -0.2) is 0 Å². The smallest absolute Gasteiger partial charge is 0.184 e. The van der Waals surface area contributed by atoms with E-state index in [1.165, 1.54) is 0 Å². The molecular formula is C13H19NO2. The highest BCUT2D eigenvalue weighted by Crippen LogP contribution is 2.37. The number of rotatable bonds is 4. The minimum atomic E-state index is 0.497. The Morgan fingerprint density at radius 2 is 1.94 bits per heavy atom.